The number of ether oxygens (including phenoxy) is 1. The van der Waals surface area contributed by atoms with E-state index in [2.05, 4.69) is 30.9 Å². The highest BCUT2D eigenvalue weighted by atomic mass is 16.5. The summed E-state index contributed by atoms with van der Waals surface area (Å²) in [7, 11) is 0. The van der Waals surface area contributed by atoms with E-state index < -0.39 is 0 Å². The molecule has 0 aliphatic carbocycles. The van der Waals surface area contributed by atoms with Gasteiger partial charge in [0.05, 0.1) is 6.61 Å². The molecule has 1 aliphatic heterocycles. The molecule has 1 heterocycles. The number of rotatable bonds is 5. The maximum Gasteiger partial charge on any atom is 0.0621 e. The lowest BCUT2D eigenvalue weighted by molar-refractivity contribution is 0.0222. The zero-order valence-corrected chi connectivity index (χ0v) is 9.54. The molecular formula is C12H23NO. The molecule has 0 aromatic carbocycles. The van der Waals surface area contributed by atoms with E-state index in [4.69, 9.17) is 4.74 Å². The summed E-state index contributed by atoms with van der Waals surface area (Å²) >= 11 is 0. The number of hydrogen-bond donors (Lipinski definition) is 0. The van der Waals surface area contributed by atoms with Crippen LogP contribution in [0.25, 0.3) is 0 Å². The third-order valence-corrected chi connectivity index (χ3v) is 2.74. The summed E-state index contributed by atoms with van der Waals surface area (Å²) in [5.41, 5.74) is 0. The number of allylic oxidation sites excluding steroid dienone is 1. The highest BCUT2D eigenvalue weighted by Crippen LogP contribution is 2.13. The van der Waals surface area contributed by atoms with E-state index in [1.807, 2.05) is 0 Å². The molecule has 1 atom stereocenters. The van der Waals surface area contributed by atoms with Gasteiger partial charge in [-0.1, -0.05) is 19.1 Å². The Labute approximate surface area is 87.9 Å². The molecule has 0 N–H and O–H groups in total. The van der Waals surface area contributed by atoms with Crippen LogP contribution in [0.2, 0.25) is 0 Å². The lowest BCUT2D eigenvalue weighted by Gasteiger charge is -2.33. The van der Waals surface area contributed by atoms with Crippen molar-refractivity contribution < 1.29 is 4.74 Å². The van der Waals surface area contributed by atoms with Crippen molar-refractivity contribution in [3.8, 4) is 0 Å². The van der Waals surface area contributed by atoms with Crippen molar-refractivity contribution in [1.82, 2.24) is 4.90 Å². The third kappa shape index (κ3) is 3.81. The van der Waals surface area contributed by atoms with Gasteiger partial charge >= 0.3 is 0 Å². The molecule has 1 saturated heterocycles. The molecule has 0 radical (unpaired) electrons. The van der Waals surface area contributed by atoms with Gasteiger partial charge in [-0.15, -0.1) is 0 Å². The van der Waals surface area contributed by atoms with Crippen molar-refractivity contribution in [2.24, 2.45) is 0 Å². The Morgan fingerprint density at radius 3 is 2.93 bits per heavy atom. The van der Waals surface area contributed by atoms with Crippen LogP contribution in [0.15, 0.2) is 12.2 Å². The predicted molar refractivity (Wildman–Crippen MR) is 60.5 cm³/mol. The predicted octanol–water partition coefficient (Wildman–Crippen LogP) is 2.45. The lowest BCUT2D eigenvalue weighted by atomic mass is 10.1. The first kappa shape index (κ1) is 11.7. The molecule has 0 aromatic heterocycles. The Morgan fingerprint density at radius 2 is 2.36 bits per heavy atom. The molecule has 0 spiro atoms. The molecule has 0 aromatic rings. The molecule has 1 aliphatic rings. The molecule has 82 valence electrons. The lowest BCUT2D eigenvalue weighted by Crippen LogP contribution is -2.41. The van der Waals surface area contributed by atoms with Crippen molar-refractivity contribution in [3.05, 3.63) is 12.2 Å². The Kier molecular flexibility index (Phi) is 5.88. The second-order valence-corrected chi connectivity index (χ2v) is 3.93. The molecule has 2 heteroatoms. The topological polar surface area (TPSA) is 12.5 Å². The van der Waals surface area contributed by atoms with Gasteiger partial charge in [-0.05, 0) is 32.7 Å². The van der Waals surface area contributed by atoms with Crippen LogP contribution in [0, 0.1) is 0 Å². The quantitative estimate of drug-likeness (QED) is 0.628. The van der Waals surface area contributed by atoms with Crippen LogP contribution in [0.3, 0.4) is 0 Å². The summed E-state index contributed by atoms with van der Waals surface area (Å²) in [5, 5.41) is 0. The normalized spacial score (nSPS) is 23.5. The minimum absolute atomic E-state index is 0.653. The number of hydrogen-bond acceptors (Lipinski definition) is 2. The summed E-state index contributed by atoms with van der Waals surface area (Å²) in [4.78, 5) is 2.54. The molecule has 14 heavy (non-hydrogen) atoms. The van der Waals surface area contributed by atoms with Crippen molar-refractivity contribution in [1.29, 1.82) is 0 Å². The highest BCUT2D eigenvalue weighted by molar-refractivity contribution is 4.85. The van der Waals surface area contributed by atoms with Crippen LogP contribution in [0.1, 0.15) is 33.1 Å². The number of nitrogens with zero attached hydrogens (tertiary/aromatic N) is 1. The molecule has 1 rings (SSSR count). The van der Waals surface area contributed by atoms with E-state index in [0.29, 0.717) is 6.04 Å². The third-order valence-electron chi connectivity index (χ3n) is 2.74. The average Bonchev–Trinajstić information content (AvgIpc) is 2.25. The standard InChI is InChI=1S/C12H23NO/c1-3-5-9-13(8-4-2)12-7-6-10-14-11-12/h3,5,12H,4,6-11H2,1-2H3/b5-3+. The van der Waals surface area contributed by atoms with Crippen LogP contribution in [-0.2, 0) is 4.74 Å². The van der Waals surface area contributed by atoms with Gasteiger partial charge in [0.25, 0.3) is 0 Å². The maximum atomic E-state index is 5.52. The second kappa shape index (κ2) is 7.02. The van der Waals surface area contributed by atoms with E-state index in [0.717, 1.165) is 19.8 Å². The molecule has 1 unspecified atom stereocenters. The van der Waals surface area contributed by atoms with Gasteiger partial charge < -0.3 is 4.74 Å². The SMILES string of the molecule is C/C=C/CN(CCC)C1CCCOC1. The van der Waals surface area contributed by atoms with Gasteiger partial charge in [0.1, 0.15) is 0 Å². The highest BCUT2D eigenvalue weighted by Gasteiger charge is 2.19. The minimum atomic E-state index is 0.653. The monoisotopic (exact) mass is 197 g/mol. The minimum Gasteiger partial charge on any atom is -0.380 e. The van der Waals surface area contributed by atoms with Gasteiger partial charge in [0.15, 0.2) is 0 Å². The average molecular weight is 197 g/mol. The summed E-state index contributed by atoms with van der Waals surface area (Å²) < 4.78 is 5.52. The Balaban J connectivity index is 2.38. The zero-order chi connectivity index (χ0) is 10.2. The van der Waals surface area contributed by atoms with E-state index in [-0.39, 0.29) is 0 Å². The summed E-state index contributed by atoms with van der Waals surface area (Å²) in [5.74, 6) is 0. The van der Waals surface area contributed by atoms with Crippen LogP contribution < -0.4 is 0 Å². The van der Waals surface area contributed by atoms with Gasteiger partial charge in [0.2, 0.25) is 0 Å². The Hall–Kier alpha value is -0.340. The second-order valence-electron chi connectivity index (χ2n) is 3.93. The van der Waals surface area contributed by atoms with E-state index in [1.165, 1.54) is 25.8 Å². The van der Waals surface area contributed by atoms with Crippen molar-refractivity contribution >= 4 is 0 Å². The van der Waals surface area contributed by atoms with Crippen molar-refractivity contribution in [2.75, 3.05) is 26.3 Å². The first-order valence-electron chi connectivity index (χ1n) is 5.81. The van der Waals surface area contributed by atoms with Crippen LogP contribution in [-0.4, -0.2) is 37.2 Å². The fraction of sp³-hybridized carbons (Fsp3) is 0.833. The molecule has 1 fully saturated rings. The largest absolute Gasteiger partial charge is 0.380 e. The maximum absolute atomic E-state index is 5.52. The first-order chi connectivity index (χ1) is 6.88. The fourth-order valence-electron chi connectivity index (χ4n) is 1.96. The fourth-order valence-corrected chi connectivity index (χ4v) is 1.96. The summed E-state index contributed by atoms with van der Waals surface area (Å²) in [6, 6.07) is 0.653. The molecule has 0 saturated carbocycles. The van der Waals surface area contributed by atoms with Gasteiger partial charge in [0, 0.05) is 19.2 Å². The van der Waals surface area contributed by atoms with E-state index in [1.54, 1.807) is 0 Å². The van der Waals surface area contributed by atoms with E-state index >= 15 is 0 Å². The Morgan fingerprint density at radius 1 is 1.50 bits per heavy atom. The van der Waals surface area contributed by atoms with Gasteiger partial charge in [-0.25, -0.2) is 0 Å². The van der Waals surface area contributed by atoms with Crippen LogP contribution in [0.4, 0.5) is 0 Å². The van der Waals surface area contributed by atoms with Crippen LogP contribution in [0.5, 0.6) is 0 Å². The summed E-state index contributed by atoms with van der Waals surface area (Å²) in [6.07, 6.45) is 8.13. The van der Waals surface area contributed by atoms with E-state index in [9.17, 15) is 0 Å². The van der Waals surface area contributed by atoms with Crippen LogP contribution >= 0.6 is 0 Å². The van der Waals surface area contributed by atoms with Crippen molar-refractivity contribution in [3.63, 3.8) is 0 Å². The molecule has 0 bridgehead atoms. The van der Waals surface area contributed by atoms with Crippen molar-refractivity contribution in [2.45, 2.75) is 39.2 Å². The first-order valence-corrected chi connectivity index (χ1v) is 5.81. The zero-order valence-electron chi connectivity index (χ0n) is 9.54. The Bertz CT molecular complexity index is 162. The van der Waals surface area contributed by atoms with Gasteiger partial charge in [-0.3, -0.25) is 4.90 Å². The molecular weight excluding hydrogens is 174 g/mol. The van der Waals surface area contributed by atoms with Gasteiger partial charge in [-0.2, -0.15) is 0 Å². The molecule has 0 amide bonds. The molecule has 2 nitrogen and oxygen atoms in total. The smallest absolute Gasteiger partial charge is 0.0621 e. The summed E-state index contributed by atoms with van der Waals surface area (Å²) in [6.45, 7) is 8.49.